The Balaban J connectivity index is 0.000000174. The van der Waals surface area contributed by atoms with Crippen molar-refractivity contribution in [3.8, 4) is 5.75 Å². The molecule has 57 heavy (non-hydrogen) atoms. The first-order valence-corrected chi connectivity index (χ1v) is 18.5. The third-order valence-electron chi connectivity index (χ3n) is 9.76. The Morgan fingerprint density at radius 3 is 1.60 bits per heavy atom. The SMILES string of the molecule is COc1ccc(C)cc1C(=O)N1CC[C@@H](Nc2cnc3cc(F)c(F)cc3n2)C1.Cc1ccc(Cl)c(C(=O)N2CC[C@@H](Nc3cnc4cc(F)c(F)cc4n3)C2)c1. The van der Waals surface area contributed by atoms with Gasteiger partial charge in [-0.25, -0.2) is 27.5 Å². The highest BCUT2D eigenvalue weighted by atomic mass is 35.5. The van der Waals surface area contributed by atoms with E-state index in [4.69, 9.17) is 16.3 Å². The van der Waals surface area contributed by atoms with Crippen LogP contribution in [0.4, 0.5) is 29.2 Å². The smallest absolute Gasteiger partial charge is 0.257 e. The van der Waals surface area contributed by atoms with E-state index in [1.165, 1.54) is 12.4 Å². The predicted octanol–water partition coefficient (Wildman–Crippen LogP) is 7.75. The van der Waals surface area contributed by atoms with E-state index in [-0.39, 0.29) is 46.0 Å². The maximum absolute atomic E-state index is 13.5. The van der Waals surface area contributed by atoms with Gasteiger partial charge in [-0.2, -0.15) is 0 Å². The lowest BCUT2D eigenvalue weighted by molar-refractivity contribution is 0.0782. The molecule has 2 amide bonds. The van der Waals surface area contributed by atoms with Gasteiger partial charge < -0.3 is 25.2 Å². The van der Waals surface area contributed by atoms with Crippen molar-refractivity contribution in [1.29, 1.82) is 0 Å². The third kappa shape index (κ3) is 8.83. The number of hydrogen-bond acceptors (Lipinski definition) is 9. The van der Waals surface area contributed by atoms with Gasteiger partial charge in [0.15, 0.2) is 23.3 Å². The molecule has 6 aromatic rings. The third-order valence-corrected chi connectivity index (χ3v) is 10.1. The van der Waals surface area contributed by atoms with E-state index in [1.54, 1.807) is 35.1 Å². The molecule has 0 spiro atoms. The maximum Gasteiger partial charge on any atom is 0.257 e. The van der Waals surface area contributed by atoms with E-state index in [0.717, 1.165) is 48.2 Å². The Bertz CT molecular complexity index is 2510. The first-order chi connectivity index (χ1) is 27.3. The van der Waals surface area contributed by atoms with Crippen molar-refractivity contribution in [1.82, 2.24) is 29.7 Å². The summed E-state index contributed by atoms with van der Waals surface area (Å²) in [6, 6.07) is 14.9. The van der Waals surface area contributed by atoms with E-state index < -0.39 is 23.3 Å². The van der Waals surface area contributed by atoms with E-state index in [2.05, 4.69) is 30.6 Å². The molecule has 2 fully saturated rings. The average molecular weight is 801 g/mol. The lowest BCUT2D eigenvalue weighted by Gasteiger charge is -2.19. The summed E-state index contributed by atoms with van der Waals surface area (Å²) in [5.41, 5.74) is 4.08. The zero-order valence-corrected chi connectivity index (χ0v) is 31.9. The molecule has 0 bridgehead atoms. The zero-order chi connectivity index (χ0) is 40.4. The molecule has 0 radical (unpaired) electrons. The Morgan fingerprint density at radius 2 is 1.11 bits per heavy atom. The Hall–Kier alpha value is -6.09. The topological polar surface area (TPSA) is 125 Å². The van der Waals surface area contributed by atoms with Crippen molar-refractivity contribution in [2.45, 2.75) is 38.8 Å². The van der Waals surface area contributed by atoms with Gasteiger partial charge in [0.05, 0.1) is 57.7 Å². The van der Waals surface area contributed by atoms with Crippen LogP contribution in [0.25, 0.3) is 22.1 Å². The van der Waals surface area contributed by atoms with Crippen LogP contribution < -0.4 is 15.4 Å². The van der Waals surface area contributed by atoms with Crippen LogP contribution >= 0.6 is 11.6 Å². The number of halogens is 5. The number of rotatable bonds is 7. The summed E-state index contributed by atoms with van der Waals surface area (Å²) >= 11 is 6.18. The minimum atomic E-state index is -0.966. The molecule has 4 heterocycles. The second-order valence-corrected chi connectivity index (χ2v) is 14.4. The van der Waals surface area contributed by atoms with E-state index in [0.29, 0.717) is 59.7 Å². The molecule has 2 aliphatic rings. The maximum atomic E-state index is 13.5. The standard InChI is InChI=1S/C21H20F2N4O2.C20H17ClF2N4O/c1-12-3-4-19(29-2)14(7-12)21(28)27-6-5-13(11-27)25-20-10-24-17-8-15(22)16(23)9-18(17)26-20;1-11-2-3-14(21)13(6-11)20(28)27-5-4-12(10-27)25-19-9-24-17-7-15(22)16(23)8-18(17)26-19/h3-4,7-10,13H,5-6,11H2,1-2H3,(H,25,26);2-3,6-9,12H,4-5,10H2,1H3,(H,25,26)/t13-;12-/m11/s1. The first kappa shape index (κ1) is 39.2. The molecule has 2 aliphatic heterocycles. The number of amides is 2. The quantitative estimate of drug-likeness (QED) is 0.156. The van der Waals surface area contributed by atoms with Gasteiger partial charge in [-0.15, -0.1) is 0 Å². The van der Waals surface area contributed by atoms with Gasteiger partial charge in [0.2, 0.25) is 0 Å². The normalized spacial score (nSPS) is 16.4. The lowest BCUT2D eigenvalue weighted by Crippen LogP contribution is -2.32. The van der Waals surface area contributed by atoms with Gasteiger partial charge in [0.25, 0.3) is 11.8 Å². The number of methoxy groups -OCH3 is 1. The molecule has 2 aromatic heterocycles. The number of aromatic nitrogens is 4. The van der Waals surface area contributed by atoms with Crippen molar-refractivity contribution in [3.63, 3.8) is 0 Å². The van der Waals surface area contributed by atoms with Gasteiger partial charge in [-0.1, -0.05) is 34.9 Å². The molecular formula is C41H37ClF4N8O3. The van der Waals surface area contributed by atoms with Crippen LogP contribution in [0.3, 0.4) is 0 Å². The van der Waals surface area contributed by atoms with Crippen LogP contribution in [-0.4, -0.2) is 86.9 Å². The number of nitrogens with one attached hydrogen (secondary N) is 2. The number of nitrogens with zero attached hydrogens (tertiary/aromatic N) is 6. The minimum Gasteiger partial charge on any atom is -0.496 e. The van der Waals surface area contributed by atoms with Crippen LogP contribution in [0.5, 0.6) is 5.75 Å². The van der Waals surface area contributed by atoms with Crippen LogP contribution in [0.2, 0.25) is 5.02 Å². The fraction of sp³-hybridized carbons (Fsp3) is 0.268. The predicted molar refractivity (Wildman–Crippen MR) is 209 cm³/mol. The molecule has 294 valence electrons. The number of ether oxygens (including phenoxy) is 1. The Kier molecular flexibility index (Phi) is 11.4. The van der Waals surface area contributed by atoms with Gasteiger partial charge >= 0.3 is 0 Å². The fourth-order valence-electron chi connectivity index (χ4n) is 6.83. The number of carbonyl (C=O) groups is 2. The molecular weight excluding hydrogens is 764 g/mol. The highest BCUT2D eigenvalue weighted by Crippen LogP contribution is 2.26. The van der Waals surface area contributed by atoms with Crippen molar-refractivity contribution in [2.24, 2.45) is 0 Å². The molecule has 0 aliphatic carbocycles. The molecule has 8 rings (SSSR count). The van der Waals surface area contributed by atoms with Gasteiger partial charge in [-0.3, -0.25) is 19.6 Å². The second-order valence-electron chi connectivity index (χ2n) is 14.0. The number of hydrogen-bond donors (Lipinski definition) is 2. The molecule has 2 saturated heterocycles. The summed E-state index contributed by atoms with van der Waals surface area (Å²) in [6.07, 6.45) is 4.42. The molecule has 11 nitrogen and oxygen atoms in total. The van der Waals surface area contributed by atoms with Crippen molar-refractivity contribution in [3.05, 3.63) is 124 Å². The van der Waals surface area contributed by atoms with Crippen LogP contribution in [0.1, 0.15) is 44.7 Å². The highest BCUT2D eigenvalue weighted by molar-refractivity contribution is 6.33. The molecule has 2 N–H and O–H groups in total. The van der Waals surface area contributed by atoms with Crippen molar-refractivity contribution >= 4 is 57.1 Å². The summed E-state index contributed by atoms with van der Waals surface area (Å²) in [5.74, 6) is -2.59. The molecule has 0 unspecified atom stereocenters. The minimum absolute atomic E-state index is 0.0215. The van der Waals surface area contributed by atoms with Crippen LogP contribution in [0.15, 0.2) is 73.1 Å². The summed E-state index contributed by atoms with van der Waals surface area (Å²) in [6.45, 7) is 6.00. The van der Waals surface area contributed by atoms with Crippen LogP contribution in [-0.2, 0) is 0 Å². The molecule has 4 aromatic carbocycles. The summed E-state index contributed by atoms with van der Waals surface area (Å²) in [7, 11) is 1.54. The monoisotopic (exact) mass is 800 g/mol. The fourth-order valence-corrected chi connectivity index (χ4v) is 7.03. The number of fused-ring (bicyclic) bond motifs is 2. The number of likely N-dealkylation sites (tertiary alicyclic amines) is 2. The summed E-state index contributed by atoms with van der Waals surface area (Å²) < 4.78 is 58.8. The number of aryl methyl sites for hydroxylation is 2. The largest absolute Gasteiger partial charge is 0.496 e. The Labute approximate surface area is 330 Å². The van der Waals surface area contributed by atoms with Gasteiger partial charge in [-0.05, 0) is 51.0 Å². The number of anilines is 2. The number of benzene rings is 4. The van der Waals surface area contributed by atoms with Crippen molar-refractivity contribution in [2.75, 3.05) is 43.9 Å². The van der Waals surface area contributed by atoms with Gasteiger partial charge in [0.1, 0.15) is 17.4 Å². The van der Waals surface area contributed by atoms with E-state index in [9.17, 15) is 27.2 Å². The summed E-state index contributed by atoms with van der Waals surface area (Å²) in [4.78, 5) is 46.0. The first-order valence-electron chi connectivity index (χ1n) is 18.1. The van der Waals surface area contributed by atoms with E-state index in [1.807, 2.05) is 32.0 Å². The second kappa shape index (κ2) is 16.6. The summed E-state index contributed by atoms with van der Waals surface area (Å²) in [5, 5.41) is 6.87. The average Bonchev–Trinajstić information content (AvgIpc) is 3.87. The van der Waals surface area contributed by atoms with Crippen molar-refractivity contribution < 1.29 is 31.9 Å². The molecule has 2 atom stereocenters. The number of carbonyl (C=O) groups excluding carboxylic acids is 2. The molecule has 0 saturated carbocycles. The van der Waals surface area contributed by atoms with Crippen LogP contribution in [0, 0.1) is 37.1 Å². The van der Waals surface area contributed by atoms with E-state index >= 15 is 0 Å². The zero-order valence-electron chi connectivity index (χ0n) is 31.1. The lowest BCUT2D eigenvalue weighted by atomic mass is 10.1. The van der Waals surface area contributed by atoms with Gasteiger partial charge in [0, 0.05) is 62.5 Å². The Morgan fingerprint density at radius 1 is 0.667 bits per heavy atom. The molecule has 16 heteroatoms. The highest BCUT2D eigenvalue weighted by Gasteiger charge is 2.30.